The Balaban J connectivity index is 3.27. The van der Waals surface area contributed by atoms with Gasteiger partial charge in [0.25, 0.3) is 0 Å². The minimum Gasteiger partial charge on any atom is -0.477 e. The largest absolute Gasteiger partial charge is 0.477 e. The smallest absolute Gasteiger partial charge is 0.455 e. The highest BCUT2D eigenvalue weighted by atomic mass is 19.4. The fraction of sp³-hybridized carbons (Fsp3) is 0.800. The highest BCUT2D eigenvalue weighted by Gasteiger charge is 2.83. The molecule has 94 valence electrons. The van der Waals surface area contributed by atoms with E-state index in [4.69, 9.17) is 5.11 Å². The molecule has 1 N–H and O–H groups in total. The van der Waals surface area contributed by atoms with Crippen molar-refractivity contribution in [1.29, 1.82) is 0 Å². The van der Waals surface area contributed by atoms with Crippen LogP contribution in [0.25, 0.3) is 0 Å². The minimum atomic E-state index is -6.10. The molecule has 0 aromatic heterocycles. The molecule has 0 aliphatic carbocycles. The summed E-state index contributed by atoms with van der Waals surface area (Å²) in [7, 11) is 0. The van der Waals surface area contributed by atoms with Gasteiger partial charge in [-0.3, -0.25) is 9.47 Å². The molecule has 0 aromatic carbocycles. The van der Waals surface area contributed by atoms with Crippen molar-refractivity contribution in [3.05, 3.63) is 0 Å². The number of carbonyl (C=O) groups is 1. The molecule has 1 rings (SSSR count). The summed E-state index contributed by atoms with van der Waals surface area (Å²) in [4.78, 5) is 10.1. The summed E-state index contributed by atoms with van der Waals surface area (Å²) in [6.45, 7) is 0. The molecule has 0 radical (unpaired) electrons. The number of hydrogen-bond donors (Lipinski definition) is 1. The van der Waals surface area contributed by atoms with Crippen molar-refractivity contribution in [2.45, 2.75) is 24.2 Å². The molecule has 1 saturated heterocycles. The molecule has 0 unspecified atom stereocenters. The molecule has 0 aromatic rings. The van der Waals surface area contributed by atoms with E-state index in [-0.39, 0.29) is 0 Å². The quantitative estimate of drug-likeness (QED) is 0.725. The van der Waals surface area contributed by atoms with E-state index in [1.54, 1.807) is 0 Å². The van der Waals surface area contributed by atoms with Gasteiger partial charge in [0.15, 0.2) is 0 Å². The lowest BCUT2D eigenvalue weighted by Gasteiger charge is -2.23. The zero-order valence-electron chi connectivity index (χ0n) is 6.82. The molecule has 16 heavy (non-hydrogen) atoms. The van der Waals surface area contributed by atoms with E-state index in [0.29, 0.717) is 0 Å². The average molecular weight is 258 g/mol. The van der Waals surface area contributed by atoms with Crippen LogP contribution in [0.15, 0.2) is 0 Å². The van der Waals surface area contributed by atoms with Crippen LogP contribution in [0.1, 0.15) is 0 Å². The number of aliphatic carboxylic acids is 1. The van der Waals surface area contributed by atoms with E-state index in [1.165, 1.54) is 0 Å². The molecular weight excluding hydrogens is 257 g/mol. The van der Waals surface area contributed by atoms with Gasteiger partial charge in [-0.2, -0.15) is 30.7 Å². The average Bonchev–Trinajstić information content (AvgIpc) is 2.17. The van der Waals surface area contributed by atoms with Crippen LogP contribution in [0.4, 0.5) is 30.7 Å². The van der Waals surface area contributed by atoms with Gasteiger partial charge < -0.3 is 5.11 Å². The summed E-state index contributed by atoms with van der Waals surface area (Å²) in [6, 6.07) is 0. The number of carboxylic acids is 1. The van der Waals surface area contributed by atoms with Gasteiger partial charge in [0.1, 0.15) is 0 Å². The first-order valence-electron chi connectivity index (χ1n) is 3.32. The van der Waals surface area contributed by atoms with Crippen LogP contribution in [0.2, 0.25) is 0 Å². The second-order valence-corrected chi connectivity index (χ2v) is 2.66. The topological polar surface area (TPSA) is 55.8 Å². The van der Waals surface area contributed by atoms with Crippen LogP contribution in [0.5, 0.6) is 0 Å². The predicted octanol–water partition coefficient (Wildman–Crippen LogP) is 1.56. The van der Waals surface area contributed by atoms with Crippen LogP contribution in [0.3, 0.4) is 0 Å². The predicted molar refractivity (Wildman–Crippen MR) is 28.5 cm³/mol. The molecule has 1 heterocycles. The molecule has 11 heteroatoms. The Kier molecular flexibility index (Phi) is 2.41. The number of hydrogen-bond acceptors (Lipinski definition) is 3. The highest BCUT2D eigenvalue weighted by Crippen LogP contribution is 2.53. The Labute approximate surface area is 81.5 Å². The first-order chi connectivity index (χ1) is 6.86. The number of rotatable bonds is 1. The third kappa shape index (κ3) is 1.50. The fourth-order valence-corrected chi connectivity index (χ4v) is 0.825. The second kappa shape index (κ2) is 2.97. The SMILES string of the molecule is O=C(O)C1(C(F)(F)F)OC(F)(F)C(F)(F)O1. The molecule has 1 aliphatic heterocycles. The first-order valence-corrected chi connectivity index (χ1v) is 3.32. The molecule has 1 aliphatic rings. The fourth-order valence-electron chi connectivity index (χ4n) is 0.825. The van der Waals surface area contributed by atoms with Crippen molar-refractivity contribution in [2.24, 2.45) is 0 Å². The highest BCUT2D eigenvalue weighted by molar-refractivity contribution is 5.77. The summed E-state index contributed by atoms with van der Waals surface area (Å²) < 4.78 is 90.3. The lowest BCUT2D eigenvalue weighted by molar-refractivity contribution is -0.365. The van der Waals surface area contributed by atoms with Crippen molar-refractivity contribution in [3.8, 4) is 0 Å². The van der Waals surface area contributed by atoms with Crippen LogP contribution in [0, 0.1) is 0 Å². The third-order valence-corrected chi connectivity index (χ3v) is 1.54. The van der Waals surface area contributed by atoms with Gasteiger partial charge in [-0.1, -0.05) is 0 Å². The van der Waals surface area contributed by atoms with Crippen LogP contribution in [-0.4, -0.2) is 35.3 Å². The standard InChI is InChI=1S/C5HF7O4/c6-3(7,8)2(1(13)14)15-4(9,10)5(11,12)16-2/h(H,13,14). The Morgan fingerprint density at radius 2 is 1.31 bits per heavy atom. The van der Waals surface area contributed by atoms with Crippen LogP contribution in [-0.2, 0) is 14.3 Å². The Hall–Kier alpha value is -1.10. The van der Waals surface area contributed by atoms with Crippen molar-refractivity contribution in [2.75, 3.05) is 0 Å². The van der Waals surface area contributed by atoms with Crippen molar-refractivity contribution < 1.29 is 50.1 Å². The van der Waals surface area contributed by atoms with Crippen molar-refractivity contribution >= 4 is 5.97 Å². The lowest BCUT2D eigenvalue weighted by Crippen LogP contribution is -2.54. The maximum Gasteiger partial charge on any atom is 0.455 e. The molecular formula is C5HF7O4. The lowest BCUT2D eigenvalue weighted by atomic mass is 10.3. The van der Waals surface area contributed by atoms with E-state index < -0.39 is 30.1 Å². The van der Waals surface area contributed by atoms with Crippen molar-refractivity contribution in [1.82, 2.24) is 0 Å². The van der Waals surface area contributed by atoms with Gasteiger partial charge in [-0.25, -0.2) is 4.79 Å². The van der Waals surface area contributed by atoms with Crippen LogP contribution < -0.4 is 0 Å². The van der Waals surface area contributed by atoms with E-state index in [0.717, 1.165) is 0 Å². The number of ether oxygens (including phenoxy) is 2. The molecule has 1 fully saturated rings. The van der Waals surface area contributed by atoms with E-state index in [9.17, 15) is 35.5 Å². The summed E-state index contributed by atoms with van der Waals surface area (Å²) >= 11 is 0. The third-order valence-electron chi connectivity index (χ3n) is 1.54. The zero-order valence-corrected chi connectivity index (χ0v) is 6.82. The normalized spacial score (nSPS) is 26.7. The van der Waals surface area contributed by atoms with Gasteiger partial charge in [0.2, 0.25) is 0 Å². The van der Waals surface area contributed by atoms with Gasteiger partial charge in [-0.15, -0.1) is 0 Å². The summed E-state index contributed by atoms with van der Waals surface area (Å²) in [5.41, 5.74) is 0. The monoisotopic (exact) mass is 258 g/mol. The Morgan fingerprint density at radius 1 is 1.00 bits per heavy atom. The van der Waals surface area contributed by atoms with E-state index in [1.807, 2.05) is 0 Å². The van der Waals surface area contributed by atoms with Crippen LogP contribution >= 0.6 is 0 Å². The summed E-state index contributed by atoms with van der Waals surface area (Å²) in [5.74, 6) is -8.24. The molecule has 0 saturated carbocycles. The summed E-state index contributed by atoms with van der Waals surface area (Å²) in [5, 5.41) is 8.03. The van der Waals surface area contributed by atoms with Crippen molar-refractivity contribution in [3.63, 3.8) is 0 Å². The van der Waals surface area contributed by atoms with Gasteiger partial charge in [0.05, 0.1) is 0 Å². The van der Waals surface area contributed by atoms with Gasteiger partial charge in [0, 0.05) is 0 Å². The molecule has 0 bridgehead atoms. The second-order valence-electron chi connectivity index (χ2n) is 2.66. The summed E-state index contributed by atoms with van der Waals surface area (Å²) in [6.07, 6.45) is -17.5. The Bertz CT molecular complexity index is 305. The molecule has 0 atom stereocenters. The molecule has 0 spiro atoms. The van der Waals surface area contributed by atoms with E-state index in [2.05, 4.69) is 9.47 Å². The Morgan fingerprint density at radius 3 is 1.44 bits per heavy atom. The number of halogens is 7. The molecule has 4 nitrogen and oxygen atoms in total. The molecule has 0 amide bonds. The first kappa shape index (κ1) is 13.0. The maximum absolute atomic E-state index is 12.2. The van der Waals surface area contributed by atoms with E-state index >= 15 is 0 Å². The minimum absolute atomic E-state index is 2.55. The van der Waals surface area contributed by atoms with Gasteiger partial charge in [-0.05, 0) is 0 Å². The number of carboxylic acid groups (broad SMARTS) is 1. The number of alkyl halides is 7. The zero-order chi connectivity index (χ0) is 13.0. The maximum atomic E-state index is 12.2. The van der Waals surface area contributed by atoms with Gasteiger partial charge >= 0.3 is 30.1 Å².